The van der Waals surface area contributed by atoms with Gasteiger partial charge in [0.05, 0.1) is 12.3 Å². The molecule has 1 atom stereocenters. The van der Waals surface area contributed by atoms with E-state index in [9.17, 15) is 8.42 Å². The van der Waals surface area contributed by atoms with Crippen LogP contribution >= 0.6 is 0 Å². The Morgan fingerprint density at radius 3 is 2.80 bits per heavy atom. The van der Waals surface area contributed by atoms with Crippen molar-refractivity contribution in [2.24, 2.45) is 4.99 Å². The van der Waals surface area contributed by atoms with E-state index in [1.807, 2.05) is 18.2 Å². The summed E-state index contributed by atoms with van der Waals surface area (Å²) < 4.78 is 30.7. The number of para-hydroxylation sites is 1. The molecule has 1 aromatic carbocycles. The lowest BCUT2D eigenvalue weighted by molar-refractivity contribution is 0.235. The average molecular weight is 369 g/mol. The Kier molecular flexibility index (Phi) is 7.07. The quantitative estimate of drug-likeness (QED) is 0.403. The Balaban J connectivity index is 1.67. The Morgan fingerprint density at radius 1 is 1.36 bits per heavy atom. The average Bonchev–Trinajstić information content (AvgIpc) is 3.03. The minimum absolute atomic E-state index is 0.0942. The van der Waals surface area contributed by atoms with Gasteiger partial charge >= 0.3 is 0 Å². The van der Waals surface area contributed by atoms with E-state index < -0.39 is 10.0 Å². The Labute approximate surface area is 150 Å². The van der Waals surface area contributed by atoms with E-state index in [2.05, 4.69) is 21.7 Å². The third kappa shape index (κ3) is 5.61. The number of hydrogen-bond donors (Lipinski definition) is 2. The van der Waals surface area contributed by atoms with Crippen LogP contribution in [0, 0.1) is 0 Å². The number of fused-ring (bicyclic) bond motifs is 1. The van der Waals surface area contributed by atoms with Gasteiger partial charge in [0.1, 0.15) is 11.9 Å². The maximum absolute atomic E-state index is 11.7. The van der Waals surface area contributed by atoms with Crippen molar-refractivity contribution < 1.29 is 13.2 Å². The molecule has 0 spiro atoms. The molecule has 1 aromatic rings. The molecule has 25 heavy (non-hydrogen) atoms. The highest BCUT2D eigenvalue weighted by Gasteiger charge is 2.22. The number of benzene rings is 1. The highest BCUT2D eigenvalue weighted by atomic mass is 32.2. The maximum atomic E-state index is 11.7. The van der Waals surface area contributed by atoms with E-state index in [1.54, 1.807) is 21.0 Å². The summed E-state index contributed by atoms with van der Waals surface area (Å²) in [7, 11) is 0.219. The molecule has 1 aliphatic heterocycles. The lowest BCUT2D eigenvalue weighted by Gasteiger charge is -2.18. The van der Waals surface area contributed by atoms with Gasteiger partial charge in [0.15, 0.2) is 5.96 Å². The third-order valence-electron chi connectivity index (χ3n) is 4.22. The Bertz CT molecular complexity index is 666. The molecule has 2 N–H and O–H groups in total. The van der Waals surface area contributed by atoms with Crippen molar-refractivity contribution in [2.75, 3.05) is 39.5 Å². The van der Waals surface area contributed by atoms with Gasteiger partial charge in [0.2, 0.25) is 10.0 Å². The number of nitrogens with one attached hydrogen (secondary N) is 2. The number of sulfonamides is 1. The summed E-state index contributed by atoms with van der Waals surface area (Å²) >= 11 is 0. The fraction of sp³-hybridized carbons (Fsp3) is 0.588. The molecular weight excluding hydrogens is 340 g/mol. The first-order chi connectivity index (χ1) is 12.0. The van der Waals surface area contributed by atoms with Crippen LogP contribution in [0.25, 0.3) is 0 Å². The summed E-state index contributed by atoms with van der Waals surface area (Å²) in [6, 6.07) is 8.08. The Morgan fingerprint density at radius 2 is 2.12 bits per heavy atom. The largest absolute Gasteiger partial charge is 0.488 e. The van der Waals surface area contributed by atoms with Crippen molar-refractivity contribution in [3.8, 4) is 5.75 Å². The molecule has 0 fully saturated rings. The standard InChI is InChI=1S/C17H28N4O3S/c1-4-25(22,23)21(3)11-7-10-19-17(18-2)20-13-15-12-14-8-5-6-9-16(14)24-15/h5-6,8-9,15H,4,7,10-13H2,1-3H3,(H2,18,19,20). The van der Waals surface area contributed by atoms with Gasteiger partial charge < -0.3 is 15.4 Å². The zero-order valence-electron chi connectivity index (χ0n) is 15.2. The van der Waals surface area contributed by atoms with Crippen LogP contribution in [0.5, 0.6) is 5.75 Å². The van der Waals surface area contributed by atoms with Gasteiger partial charge in [-0.2, -0.15) is 0 Å². The van der Waals surface area contributed by atoms with E-state index in [-0.39, 0.29) is 11.9 Å². The first kappa shape index (κ1) is 19.5. The molecule has 0 saturated heterocycles. The van der Waals surface area contributed by atoms with Crippen molar-refractivity contribution in [2.45, 2.75) is 25.9 Å². The second-order valence-corrected chi connectivity index (χ2v) is 8.37. The number of hydrogen-bond acceptors (Lipinski definition) is 4. The van der Waals surface area contributed by atoms with Gasteiger partial charge in [-0.15, -0.1) is 0 Å². The lowest BCUT2D eigenvalue weighted by atomic mass is 10.1. The molecular formula is C17H28N4O3S. The molecule has 0 bridgehead atoms. The zero-order valence-corrected chi connectivity index (χ0v) is 16.0. The van der Waals surface area contributed by atoms with Crippen LogP contribution < -0.4 is 15.4 Å². The molecule has 0 saturated carbocycles. The number of nitrogens with zero attached hydrogens (tertiary/aromatic N) is 2. The second-order valence-electron chi connectivity index (χ2n) is 6.01. The molecule has 8 heteroatoms. The van der Waals surface area contributed by atoms with Gasteiger partial charge in [-0.25, -0.2) is 12.7 Å². The summed E-state index contributed by atoms with van der Waals surface area (Å²) in [5, 5.41) is 6.46. The summed E-state index contributed by atoms with van der Waals surface area (Å²) in [6.07, 6.45) is 1.69. The first-order valence-electron chi connectivity index (χ1n) is 8.59. The number of aliphatic imine (C=N–C) groups is 1. The molecule has 1 aliphatic rings. The first-order valence-corrected chi connectivity index (χ1v) is 10.2. The minimum Gasteiger partial charge on any atom is -0.488 e. The Hall–Kier alpha value is -1.80. The van der Waals surface area contributed by atoms with Crippen molar-refractivity contribution in [3.05, 3.63) is 29.8 Å². The number of guanidine groups is 1. The third-order valence-corrected chi connectivity index (χ3v) is 6.08. The molecule has 7 nitrogen and oxygen atoms in total. The predicted molar refractivity (Wildman–Crippen MR) is 101 cm³/mol. The van der Waals surface area contributed by atoms with Crippen LogP contribution in [-0.4, -0.2) is 64.3 Å². The molecule has 1 unspecified atom stereocenters. The van der Waals surface area contributed by atoms with Crippen LogP contribution in [0.2, 0.25) is 0 Å². The van der Waals surface area contributed by atoms with Gasteiger partial charge in [0, 0.05) is 33.6 Å². The normalized spacial score (nSPS) is 17.3. The van der Waals surface area contributed by atoms with Gasteiger partial charge in [0.25, 0.3) is 0 Å². The second kappa shape index (κ2) is 9.05. The molecule has 2 rings (SSSR count). The fourth-order valence-electron chi connectivity index (χ4n) is 2.67. The smallest absolute Gasteiger partial charge is 0.213 e. The van der Waals surface area contributed by atoms with Crippen LogP contribution in [0.3, 0.4) is 0 Å². The van der Waals surface area contributed by atoms with Gasteiger partial charge in [-0.05, 0) is 25.0 Å². The maximum Gasteiger partial charge on any atom is 0.213 e. The van der Waals surface area contributed by atoms with Crippen LogP contribution in [0.1, 0.15) is 18.9 Å². The molecule has 0 amide bonds. The topological polar surface area (TPSA) is 83.0 Å². The highest BCUT2D eigenvalue weighted by molar-refractivity contribution is 7.89. The highest BCUT2D eigenvalue weighted by Crippen LogP contribution is 2.27. The van der Waals surface area contributed by atoms with E-state index in [1.165, 1.54) is 9.87 Å². The summed E-state index contributed by atoms with van der Waals surface area (Å²) in [5.41, 5.74) is 1.23. The summed E-state index contributed by atoms with van der Waals surface area (Å²) in [6.45, 7) is 3.45. The molecule has 1 heterocycles. The zero-order chi connectivity index (χ0) is 18.3. The van der Waals surface area contributed by atoms with Crippen LogP contribution in [-0.2, 0) is 16.4 Å². The molecule has 0 aliphatic carbocycles. The molecule has 0 aromatic heterocycles. The monoisotopic (exact) mass is 368 g/mol. The SMILES string of the molecule is CCS(=O)(=O)N(C)CCCNC(=NC)NCC1Cc2ccccc2O1. The summed E-state index contributed by atoms with van der Waals surface area (Å²) in [5.74, 6) is 1.78. The lowest BCUT2D eigenvalue weighted by Crippen LogP contribution is -2.43. The molecule has 0 radical (unpaired) electrons. The van der Waals surface area contributed by atoms with Crippen LogP contribution in [0.4, 0.5) is 0 Å². The van der Waals surface area contributed by atoms with Crippen molar-refractivity contribution in [1.82, 2.24) is 14.9 Å². The van der Waals surface area contributed by atoms with Crippen molar-refractivity contribution in [1.29, 1.82) is 0 Å². The van der Waals surface area contributed by atoms with Crippen LogP contribution in [0.15, 0.2) is 29.3 Å². The summed E-state index contributed by atoms with van der Waals surface area (Å²) in [4.78, 5) is 4.19. The van der Waals surface area contributed by atoms with Crippen molar-refractivity contribution >= 4 is 16.0 Å². The molecule has 140 valence electrons. The number of rotatable bonds is 8. The minimum atomic E-state index is -3.11. The van der Waals surface area contributed by atoms with E-state index in [0.717, 1.165) is 12.2 Å². The predicted octanol–water partition coefficient (Wildman–Crippen LogP) is 0.827. The van der Waals surface area contributed by atoms with Gasteiger partial charge in [-0.1, -0.05) is 18.2 Å². The number of ether oxygens (including phenoxy) is 1. The van der Waals surface area contributed by atoms with Gasteiger partial charge in [-0.3, -0.25) is 4.99 Å². The van der Waals surface area contributed by atoms with E-state index >= 15 is 0 Å². The van der Waals surface area contributed by atoms with Crippen molar-refractivity contribution in [3.63, 3.8) is 0 Å². The van der Waals surface area contributed by atoms with E-state index in [4.69, 9.17) is 4.74 Å². The fourth-order valence-corrected chi connectivity index (χ4v) is 3.51. The van der Waals surface area contributed by atoms with E-state index in [0.29, 0.717) is 32.0 Å².